The van der Waals surface area contributed by atoms with Crippen LogP contribution < -0.4 is 4.72 Å². The Labute approximate surface area is 124 Å². The first-order valence-electron chi connectivity index (χ1n) is 7.14. The quantitative estimate of drug-likeness (QED) is 0.772. The van der Waals surface area contributed by atoms with Crippen molar-refractivity contribution in [2.75, 3.05) is 17.7 Å². The van der Waals surface area contributed by atoms with E-state index < -0.39 is 10.0 Å². The van der Waals surface area contributed by atoms with E-state index in [0.29, 0.717) is 17.9 Å². The van der Waals surface area contributed by atoms with Crippen LogP contribution in [0.25, 0.3) is 0 Å². The Morgan fingerprint density at radius 2 is 2.00 bits per heavy atom. The largest absolute Gasteiger partial charge is 0.377 e. The van der Waals surface area contributed by atoms with Gasteiger partial charge in [-0.3, -0.25) is 0 Å². The van der Waals surface area contributed by atoms with Gasteiger partial charge in [-0.1, -0.05) is 22.9 Å². The van der Waals surface area contributed by atoms with Crippen LogP contribution in [0, 0.1) is 5.92 Å². The SMILES string of the molecule is CC1CCC(CBr)(NS(=O)(=O)CC2CCCO2)CC1. The second-order valence-electron chi connectivity index (χ2n) is 6.11. The molecule has 0 aromatic carbocycles. The molecule has 1 heterocycles. The standard InChI is InChI=1S/C13H24BrNO3S/c1-11-4-6-13(10-14,7-5-11)15-19(16,17)9-12-3-2-8-18-12/h11-12,15H,2-10H2,1H3. The number of sulfonamides is 1. The summed E-state index contributed by atoms with van der Waals surface area (Å²) in [5, 5.41) is 0.692. The highest BCUT2D eigenvalue weighted by molar-refractivity contribution is 9.09. The number of halogens is 1. The van der Waals surface area contributed by atoms with Crippen LogP contribution in [0.5, 0.6) is 0 Å². The smallest absolute Gasteiger partial charge is 0.214 e. The normalized spacial score (nSPS) is 36.5. The van der Waals surface area contributed by atoms with Gasteiger partial charge >= 0.3 is 0 Å². The van der Waals surface area contributed by atoms with Crippen LogP contribution in [0.2, 0.25) is 0 Å². The molecule has 0 bridgehead atoms. The van der Waals surface area contributed by atoms with Crippen molar-refractivity contribution in [1.29, 1.82) is 0 Å². The van der Waals surface area contributed by atoms with Crippen molar-refractivity contribution in [1.82, 2.24) is 4.72 Å². The molecular formula is C13H24BrNO3S. The van der Waals surface area contributed by atoms with Crippen LogP contribution in [-0.2, 0) is 14.8 Å². The summed E-state index contributed by atoms with van der Waals surface area (Å²) in [5.74, 6) is 0.812. The average molecular weight is 354 g/mol. The average Bonchev–Trinajstić information content (AvgIpc) is 2.84. The molecule has 1 saturated carbocycles. The maximum atomic E-state index is 12.3. The maximum absolute atomic E-state index is 12.3. The first-order chi connectivity index (χ1) is 8.95. The third-order valence-corrected chi connectivity index (χ3v) is 6.92. The third-order valence-electron chi connectivity index (χ3n) is 4.29. The number of alkyl halides is 1. The molecule has 0 amide bonds. The molecule has 1 N–H and O–H groups in total. The predicted molar refractivity (Wildman–Crippen MR) is 80.1 cm³/mol. The van der Waals surface area contributed by atoms with Crippen LogP contribution in [0.15, 0.2) is 0 Å². The van der Waals surface area contributed by atoms with Crippen molar-refractivity contribution >= 4 is 26.0 Å². The number of nitrogens with one attached hydrogen (secondary N) is 1. The van der Waals surface area contributed by atoms with Crippen molar-refractivity contribution in [2.45, 2.75) is 57.1 Å². The van der Waals surface area contributed by atoms with E-state index in [0.717, 1.165) is 38.5 Å². The van der Waals surface area contributed by atoms with Gasteiger partial charge in [0.1, 0.15) is 0 Å². The van der Waals surface area contributed by atoms with E-state index in [-0.39, 0.29) is 17.4 Å². The molecule has 1 atom stereocenters. The van der Waals surface area contributed by atoms with Crippen LogP contribution in [-0.4, -0.2) is 37.8 Å². The number of hydrogen-bond donors (Lipinski definition) is 1. The molecule has 1 unspecified atom stereocenters. The Kier molecular flexibility index (Phi) is 5.31. The molecule has 6 heteroatoms. The Hall–Kier alpha value is 0.350. The minimum atomic E-state index is -3.26. The summed E-state index contributed by atoms with van der Waals surface area (Å²) in [6.07, 6.45) is 5.74. The van der Waals surface area contributed by atoms with Crippen molar-refractivity contribution in [3.63, 3.8) is 0 Å². The van der Waals surface area contributed by atoms with E-state index in [1.165, 1.54) is 0 Å². The van der Waals surface area contributed by atoms with Gasteiger partial charge in [0.25, 0.3) is 0 Å². The zero-order chi connectivity index (χ0) is 13.9. The van der Waals surface area contributed by atoms with Gasteiger partial charge in [0.05, 0.1) is 11.9 Å². The molecule has 4 nitrogen and oxygen atoms in total. The van der Waals surface area contributed by atoms with Crippen molar-refractivity contribution in [3.8, 4) is 0 Å². The molecular weight excluding hydrogens is 330 g/mol. The lowest BCUT2D eigenvalue weighted by atomic mass is 9.79. The maximum Gasteiger partial charge on any atom is 0.214 e. The molecule has 0 aromatic rings. The van der Waals surface area contributed by atoms with Gasteiger partial charge < -0.3 is 4.74 Å². The van der Waals surface area contributed by atoms with Crippen molar-refractivity contribution < 1.29 is 13.2 Å². The van der Waals surface area contributed by atoms with Gasteiger partial charge in [-0.2, -0.15) is 0 Å². The fourth-order valence-corrected chi connectivity index (χ4v) is 5.63. The summed E-state index contributed by atoms with van der Waals surface area (Å²) >= 11 is 3.50. The van der Waals surface area contributed by atoms with Crippen LogP contribution in [0.4, 0.5) is 0 Å². The second-order valence-corrected chi connectivity index (χ2v) is 8.44. The summed E-state index contributed by atoms with van der Waals surface area (Å²) in [4.78, 5) is 0. The summed E-state index contributed by atoms with van der Waals surface area (Å²) in [6.45, 7) is 2.93. The van der Waals surface area contributed by atoms with Crippen LogP contribution >= 0.6 is 15.9 Å². The number of ether oxygens (including phenoxy) is 1. The number of hydrogen-bond acceptors (Lipinski definition) is 3. The van der Waals surface area contributed by atoms with E-state index in [2.05, 4.69) is 27.6 Å². The molecule has 1 aliphatic carbocycles. The summed E-state index contributed by atoms with van der Waals surface area (Å²) < 4.78 is 33.0. The Morgan fingerprint density at radius 1 is 1.32 bits per heavy atom. The van der Waals surface area contributed by atoms with Gasteiger partial charge in [-0.25, -0.2) is 13.1 Å². The van der Waals surface area contributed by atoms with Crippen molar-refractivity contribution in [2.24, 2.45) is 5.92 Å². The topological polar surface area (TPSA) is 55.4 Å². The lowest BCUT2D eigenvalue weighted by molar-refractivity contribution is 0.127. The highest BCUT2D eigenvalue weighted by Crippen LogP contribution is 2.34. The highest BCUT2D eigenvalue weighted by atomic mass is 79.9. The Morgan fingerprint density at radius 3 is 2.53 bits per heavy atom. The van der Waals surface area contributed by atoms with E-state index >= 15 is 0 Å². The van der Waals surface area contributed by atoms with Crippen LogP contribution in [0.3, 0.4) is 0 Å². The van der Waals surface area contributed by atoms with Gasteiger partial charge in [0.2, 0.25) is 10.0 Å². The molecule has 2 rings (SSSR count). The molecule has 2 aliphatic rings. The zero-order valence-electron chi connectivity index (χ0n) is 11.5. The third kappa shape index (κ3) is 4.41. The minimum absolute atomic E-state index is 0.108. The van der Waals surface area contributed by atoms with E-state index in [9.17, 15) is 8.42 Å². The van der Waals surface area contributed by atoms with Gasteiger partial charge in [-0.15, -0.1) is 0 Å². The highest BCUT2D eigenvalue weighted by Gasteiger charge is 2.37. The molecule has 0 aromatic heterocycles. The fourth-order valence-electron chi connectivity index (χ4n) is 2.97. The Bertz CT molecular complexity index is 385. The summed E-state index contributed by atoms with van der Waals surface area (Å²) in [5.41, 5.74) is -0.288. The molecule has 19 heavy (non-hydrogen) atoms. The van der Waals surface area contributed by atoms with E-state index in [1.807, 2.05) is 0 Å². The van der Waals surface area contributed by atoms with E-state index in [4.69, 9.17) is 4.74 Å². The minimum Gasteiger partial charge on any atom is -0.377 e. The number of rotatable bonds is 5. The van der Waals surface area contributed by atoms with Gasteiger partial charge in [0.15, 0.2) is 0 Å². The fraction of sp³-hybridized carbons (Fsp3) is 1.00. The zero-order valence-corrected chi connectivity index (χ0v) is 13.9. The monoisotopic (exact) mass is 353 g/mol. The summed E-state index contributed by atoms with van der Waals surface area (Å²) in [7, 11) is -3.26. The second kappa shape index (κ2) is 6.41. The predicted octanol–water partition coefficient (Wildman–Crippen LogP) is 2.43. The van der Waals surface area contributed by atoms with Gasteiger partial charge in [0, 0.05) is 17.5 Å². The van der Waals surface area contributed by atoms with Gasteiger partial charge in [-0.05, 0) is 44.4 Å². The first kappa shape index (κ1) is 15.7. The molecule has 0 spiro atoms. The molecule has 0 radical (unpaired) electrons. The van der Waals surface area contributed by atoms with Crippen LogP contribution in [0.1, 0.15) is 45.4 Å². The van der Waals surface area contributed by atoms with E-state index in [1.54, 1.807) is 0 Å². The molecule has 1 aliphatic heterocycles. The summed E-state index contributed by atoms with van der Waals surface area (Å²) in [6, 6.07) is 0. The lowest BCUT2D eigenvalue weighted by Gasteiger charge is -2.38. The molecule has 2 fully saturated rings. The van der Waals surface area contributed by atoms with Crippen molar-refractivity contribution in [3.05, 3.63) is 0 Å². The Balaban J connectivity index is 1.96. The first-order valence-corrected chi connectivity index (χ1v) is 9.91. The molecule has 112 valence electrons. The molecule has 1 saturated heterocycles. The lowest BCUT2D eigenvalue weighted by Crippen LogP contribution is -2.53.